The lowest BCUT2D eigenvalue weighted by atomic mass is 9.74. The van der Waals surface area contributed by atoms with Gasteiger partial charge in [0, 0.05) is 42.9 Å². The van der Waals surface area contributed by atoms with E-state index >= 15 is 0 Å². The minimum Gasteiger partial charge on any atom is -0.508 e. The quantitative estimate of drug-likeness (QED) is 0.771. The van der Waals surface area contributed by atoms with Crippen molar-refractivity contribution in [3.05, 3.63) is 24.3 Å². The minimum absolute atomic E-state index is 0.0374. The Kier molecular flexibility index (Phi) is 4.24. The predicted octanol–water partition coefficient (Wildman–Crippen LogP) is 1.43. The van der Waals surface area contributed by atoms with E-state index < -0.39 is 0 Å². The molecule has 1 aromatic rings. The van der Waals surface area contributed by atoms with Gasteiger partial charge in [0.2, 0.25) is 5.91 Å². The van der Waals surface area contributed by atoms with Crippen LogP contribution in [0.15, 0.2) is 29.2 Å². The van der Waals surface area contributed by atoms with Crippen LogP contribution in [-0.4, -0.2) is 65.1 Å². The molecule has 1 aromatic carbocycles. The van der Waals surface area contributed by atoms with Crippen molar-refractivity contribution in [2.45, 2.75) is 23.8 Å². The Morgan fingerprint density at radius 1 is 1.36 bits per heavy atom. The lowest BCUT2D eigenvalue weighted by Crippen LogP contribution is -2.71. The summed E-state index contributed by atoms with van der Waals surface area (Å²) in [5.74, 6) is 0.440. The Morgan fingerprint density at radius 3 is 2.84 bits per heavy atom. The van der Waals surface area contributed by atoms with Crippen LogP contribution in [0.3, 0.4) is 0 Å². The third-order valence-corrected chi connectivity index (χ3v) is 5.91. The van der Waals surface area contributed by atoms with E-state index in [-0.39, 0.29) is 29.2 Å². The van der Waals surface area contributed by atoms with Gasteiger partial charge in [0.05, 0.1) is 6.04 Å². The van der Waals surface area contributed by atoms with Gasteiger partial charge in [-0.25, -0.2) is 9.10 Å². The number of hydrogen-bond donors (Lipinski definition) is 2. The first-order chi connectivity index (χ1) is 12.0. The summed E-state index contributed by atoms with van der Waals surface area (Å²) in [7, 11) is 0. The summed E-state index contributed by atoms with van der Waals surface area (Å²) < 4.78 is 7.09. The fourth-order valence-electron chi connectivity index (χ4n) is 3.63. The molecular weight excluding hydrogens is 342 g/mol. The number of benzene rings is 1. The molecule has 8 heteroatoms. The molecule has 0 bridgehead atoms. The molecule has 0 aliphatic carbocycles. The standard InChI is InChI=1S/C17H21N3O4S/c21-13-2-1-3-14(6-13)25-20-10-17(11-20)8-19(9-17)15(22)5-4-12-7-24-16(23)18-12/h1-3,6,12,21H,4-5,7-11H2,(H,18,23). The third-order valence-electron chi connectivity index (χ3n) is 4.93. The van der Waals surface area contributed by atoms with Crippen molar-refractivity contribution in [1.29, 1.82) is 0 Å². The molecule has 0 aromatic heterocycles. The highest BCUT2D eigenvalue weighted by Crippen LogP contribution is 2.44. The van der Waals surface area contributed by atoms with Gasteiger partial charge >= 0.3 is 6.09 Å². The van der Waals surface area contributed by atoms with E-state index in [0.29, 0.717) is 19.4 Å². The van der Waals surface area contributed by atoms with Crippen LogP contribution < -0.4 is 5.32 Å². The number of likely N-dealkylation sites (tertiary alicyclic amines) is 1. The molecule has 0 radical (unpaired) electrons. The van der Waals surface area contributed by atoms with Crippen LogP contribution in [-0.2, 0) is 9.53 Å². The lowest BCUT2D eigenvalue weighted by molar-refractivity contribution is -0.151. The fourth-order valence-corrected chi connectivity index (χ4v) is 4.92. The maximum absolute atomic E-state index is 12.2. The van der Waals surface area contributed by atoms with E-state index in [1.54, 1.807) is 24.1 Å². The van der Waals surface area contributed by atoms with Gasteiger partial charge in [0.25, 0.3) is 0 Å². The predicted molar refractivity (Wildman–Crippen MR) is 92.1 cm³/mol. The molecule has 3 heterocycles. The summed E-state index contributed by atoms with van der Waals surface area (Å²) in [5.41, 5.74) is 0.240. The molecule has 1 unspecified atom stereocenters. The number of amides is 2. The largest absolute Gasteiger partial charge is 0.508 e. The average Bonchev–Trinajstić information content (AvgIpc) is 2.91. The monoisotopic (exact) mass is 363 g/mol. The van der Waals surface area contributed by atoms with Crippen molar-refractivity contribution in [2.24, 2.45) is 5.41 Å². The Morgan fingerprint density at radius 2 is 2.16 bits per heavy atom. The second kappa shape index (κ2) is 6.42. The van der Waals surface area contributed by atoms with Crippen molar-refractivity contribution in [3.63, 3.8) is 0 Å². The van der Waals surface area contributed by atoms with Gasteiger partial charge < -0.3 is 20.1 Å². The summed E-state index contributed by atoms with van der Waals surface area (Å²) in [6.45, 7) is 3.91. The van der Waals surface area contributed by atoms with Gasteiger partial charge in [-0.15, -0.1) is 0 Å². The van der Waals surface area contributed by atoms with Crippen LogP contribution in [0.5, 0.6) is 5.75 Å². The maximum atomic E-state index is 12.2. The number of nitrogens with one attached hydrogen (secondary N) is 1. The van der Waals surface area contributed by atoms with Crippen molar-refractivity contribution in [1.82, 2.24) is 14.5 Å². The molecule has 4 rings (SSSR count). The number of rotatable bonds is 5. The smallest absolute Gasteiger partial charge is 0.407 e. The number of carbonyl (C=O) groups is 2. The van der Waals surface area contributed by atoms with Gasteiger partial charge in [-0.1, -0.05) is 6.07 Å². The first kappa shape index (κ1) is 16.5. The van der Waals surface area contributed by atoms with Crippen LogP contribution in [0.1, 0.15) is 12.8 Å². The van der Waals surface area contributed by atoms with E-state index in [9.17, 15) is 14.7 Å². The number of phenolic OH excluding ortho intramolecular Hbond substituents is 1. The maximum Gasteiger partial charge on any atom is 0.407 e. The lowest BCUT2D eigenvalue weighted by Gasteiger charge is -2.59. The van der Waals surface area contributed by atoms with E-state index in [1.165, 1.54) is 0 Å². The minimum atomic E-state index is -0.390. The molecule has 3 aliphatic rings. The molecule has 134 valence electrons. The van der Waals surface area contributed by atoms with Crippen LogP contribution in [0.25, 0.3) is 0 Å². The SMILES string of the molecule is O=C1NC(CCC(=O)N2CC3(CN(Sc4cccc(O)c4)C3)C2)CO1. The van der Waals surface area contributed by atoms with Crippen molar-refractivity contribution < 1.29 is 19.4 Å². The number of cyclic esters (lactones) is 1. The number of carbonyl (C=O) groups excluding carboxylic acids is 2. The van der Waals surface area contributed by atoms with Crippen LogP contribution in [0.2, 0.25) is 0 Å². The Hall–Kier alpha value is -1.93. The first-order valence-corrected chi connectivity index (χ1v) is 9.22. The second-order valence-electron chi connectivity index (χ2n) is 7.11. The van der Waals surface area contributed by atoms with Gasteiger partial charge in [-0.05, 0) is 36.6 Å². The third kappa shape index (κ3) is 3.55. The van der Waals surface area contributed by atoms with E-state index in [1.807, 2.05) is 17.0 Å². The molecule has 3 aliphatic heterocycles. The fraction of sp³-hybridized carbons (Fsp3) is 0.529. The summed E-state index contributed by atoms with van der Waals surface area (Å²) in [5, 5.41) is 12.2. The van der Waals surface area contributed by atoms with Gasteiger partial charge in [-0.3, -0.25) is 4.79 Å². The molecule has 2 amide bonds. The first-order valence-electron chi connectivity index (χ1n) is 8.44. The molecule has 2 N–H and O–H groups in total. The van der Waals surface area contributed by atoms with Gasteiger partial charge in [0.15, 0.2) is 0 Å². The number of alkyl carbamates (subject to hydrolysis) is 1. The molecule has 0 saturated carbocycles. The number of ether oxygens (including phenoxy) is 1. The summed E-state index contributed by atoms with van der Waals surface area (Å²) in [4.78, 5) is 26.1. The van der Waals surface area contributed by atoms with Crippen molar-refractivity contribution in [2.75, 3.05) is 32.8 Å². The van der Waals surface area contributed by atoms with Gasteiger partial charge in [-0.2, -0.15) is 0 Å². The number of aromatic hydroxyl groups is 1. The van der Waals surface area contributed by atoms with E-state index in [2.05, 4.69) is 9.62 Å². The normalized spacial score (nSPS) is 24.4. The summed E-state index contributed by atoms with van der Waals surface area (Å²) in [6.07, 6.45) is 0.693. The van der Waals surface area contributed by atoms with Crippen LogP contribution in [0.4, 0.5) is 4.79 Å². The zero-order valence-electron chi connectivity index (χ0n) is 13.8. The summed E-state index contributed by atoms with van der Waals surface area (Å²) in [6, 6.07) is 7.22. The molecule has 1 atom stereocenters. The molecule has 25 heavy (non-hydrogen) atoms. The van der Waals surface area contributed by atoms with Gasteiger partial charge in [0.1, 0.15) is 12.4 Å². The van der Waals surface area contributed by atoms with E-state index in [4.69, 9.17) is 4.74 Å². The number of nitrogens with zero attached hydrogens (tertiary/aromatic N) is 2. The summed E-state index contributed by atoms with van der Waals surface area (Å²) >= 11 is 1.65. The average molecular weight is 363 g/mol. The highest BCUT2D eigenvalue weighted by molar-refractivity contribution is 7.97. The number of hydrogen-bond acceptors (Lipinski definition) is 6. The molecule has 7 nitrogen and oxygen atoms in total. The zero-order chi connectivity index (χ0) is 17.4. The van der Waals surface area contributed by atoms with E-state index in [0.717, 1.165) is 31.1 Å². The highest BCUT2D eigenvalue weighted by Gasteiger charge is 2.53. The topological polar surface area (TPSA) is 82.1 Å². The van der Waals surface area contributed by atoms with Crippen molar-refractivity contribution in [3.8, 4) is 5.75 Å². The van der Waals surface area contributed by atoms with Crippen LogP contribution in [0, 0.1) is 5.41 Å². The molecule has 3 saturated heterocycles. The molecule has 3 fully saturated rings. The Labute approximate surface area is 150 Å². The highest BCUT2D eigenvalue weighted by atomic mass is 32.2. The van der Waals surface area contributed by atoms with Crippen molar-refractivity contribution >= 4 is 23.9 Å². The van der Waals surface area contributed by atoms with Crippen LogP contribution >= 0.6 is 11.9 Å². The number of phenols is 1. The molecule has 1 spiro atoms. The Bertz CT molecular complexity index is 684. The molecular formula is C17H21N3O4S. The Balaban J connectivity index is 1.17. The second-order valence-corrected chi connectivity index (χ2v) is 8.29. The zero-order valence-corrected chi connectivity index (χ0v) is 14.6.